The summed E-state index contributed by atoms with van der Waals surface area (Å²) in [6.45, 7) is 3.83. The van der Waals surface area contributed by atoms with Crippen molar-refractivity contribution in [2.75, 3.05) is 0 Å². The Kier molecular flexibility index (Phi) is 3.97. The van der Waals surface area contributed by atoms with E-state index in [9.17, 15) is 0 Å². The number of allylic oxidation sites excluding steroid dienone is 1. The van der Waals surface area contributed by atoms with Crippen LogP contribution in [-0.4, -0.2) is 0 Å². The molecule has 0 aromatic heterocycles. The van der Waals surface area contributed by atoms with E-state index < -0.39 is 0 Å². The Bertz CT molecular complexity index is 722. The van der Waals surface area contributed by atoms with Crippen LogP contribution in [0.15, 0.2) is 85.5 Å². The van der Waals surface area contributed by atoms with Crippen LogP contribution in [-0.2, 0) is 6.42 Å². The third kappa shape index (κ3) is 2.95. The number of rotatable bonds is 4. The lowest BCUT2D eigenvalue weighted by molar-refractivity contribution is 1.28. The van der Waals surface area contributed by atoms with Gasteiger partial charge in [-0.15, -0.1) is 6.58 Å². The molecule has 3 aromatic rings. The van der Waals surface area contributed by atoms with Crippen molar-refractivity contribution in [3.05, 3.63) is 97.1 Å². The van der Waals surface area contributed by atoms with E-state index in [-0.39, 0.29) is 0 Å². The van der Waals surface area contributed by atoms with E-state index >= 15 is 0 Å². The van der Waals surface area contributed by atoms with Crippen molar-refractivity contribution in [2.45, 2.75) is 6.42 Å². The molecule has 0 aliphatic heterocycles. The van der Waals surface area contributed by atoms with E-state index in [0.717, 1.165) is 12.0 Å². The molecule has 0 atom stereocenters. The van der Waals surface area contributed by atoms with Gasteiger partial charge in [-0.25, -0.2) is 0 Å². The number of hydrogen-bond donors (Lipinski definition) is 0. The van der Waals surface area contributed by atoms with Crippen LogP contribution in [0.25, 0.3) is 22.3 Å². The lowest BCUT2D eigenvalue weighted by Gasteiger charge is -2.09. The van der Waals surface area contributed by atoms with Gasteiger partial charge in [0.15, 0.2) is 0 Å². The molecule has 0 heteroatoms. The summed E-state index contributed by atoms with van der Waals surface area (Å²) in [5, 5.41) is 0. The van der Waals surface area contributed by atoms with Crippen LogP contribution in [0.4, 0.5) is 0 Å². The zero-order valence-corrected chi connectivity index (χ0v) is 11.9. The van der Waals surface area contributed by atoms with E-state index in [1.54, 1.807) is 0 Å². The molecule has 0 saturated heterocycles. The van der Waals surface area contributed by atoms with Crippen molar-refractivity contribution < 1.29 is 0 Å². The summed E-state index contributed by atoms with van der Waals surface area (Å²) < 4.78 is 0. The van der Waals surface area contributed by atoms with Crippen LogP contribution in [0.1, 0.15) is 5.56 Å². The van der Waals surface area contributed by atoms with Gasteiger partial charge in [-0.05, 0) is 40.3 Å². The SMILES string of the molecule is C=CCc1ccc[c]c1-c1ccc(-c2ccccc2)cc1. The van der Waals surface area contributed by atoms with Gasteiger partial charge >= 0.3 is 0 Å². The summed E-state index contributed by atoms with van der Waals surface area (Å²) >= 11 is 0. The molecule has 0 heterocycles. The molecule has 0 nitrogen and oxygen atoms in total. The fraction of sp³-hybridized carbons (Fsp3) is 0.0476. The van der Waals surface area contributed by atoms with Gasteiger partial charge in [-0.1, -0.05) is 78.9 Å². The minimum Gasteiger partial charge on any atom is -0.103 e. The maximum atomic E-state index is 3.83. The maximum Gasteiger partial charge on any atom is -0.00699 e. The Hall–Kier alpha value is -2.60. The molecule has 21 heavy (non-hydrogen) atoms. The molecule has 0 unspecified atom stereocenters. The summed E-state index contributed by atoms with van der Waals surface area (Å²) in [7, 11) is 0. The lowest BCUT2D eigenvalue weighted by atomic mass is 9.96. The largest absolute Gasteiger partial charge is 0.103 e. The number of hydrogen-bond acceptors (Lipinski definition) is 0. The second kappa shape index (κ2) is 6.23. The predicted molar refractivity (Wildman–Crippen MR) is 90.1 cm³/mol. The third-order valence-electron chi connectivity index (χ3n) is 3.59. The highest BCUT2D eigenvalue weighted by Crippen LogP contribution is 2.27. The molecule has 3 aromatic carbocycles. The topological polar surface area (TPSA) is 0 Å². The lowest BCUT2D eigenvalue weighted by Crippen LogP contribution is -1.88. The van der Waals surface area contributed by atoms with Gasteiger partial charge in [0.25, 0.3) is 0 Å². The second-order valence-corrected chi connectivity index (χ2v) is 5.01. The molecular formula is C21H17. The van der Waals surface area contributed by atoms with E-state index in [2.05, 4.69) is 67.2 Å². The molecule has 3 rings (SSSR count). The first-order valence-electron chi connectivity index (χ1n) is 7.15. The molecule has 0 amide bonds. The number of benzene rings is 3. The molecule has 0 fully saturated rings. The van der Waals surface area contributed by atoms with Gasteiger partial charge in [0.2, 0.25) is 0 Å². The van der Waals surface area contributed by atoms with E-state index in [0.29, 0.717) is 0 Å². The van der Waals surface area contributed by atoms with Crippen molar-refractivity contribution in [1.29, 1.82) is 0 Å². The Morgan fingerprint density at radius 1 is 0.762 bits per heavy atom. The molecule has 0 aliphatic carbocycles. The molecule has 1 radical (unpaired) electrons. The average molecular weight is 269 g/mol. The zero-order chi connectivity index (χ0) is 14.5. The minimum atomic E-state index is 0.868. The average Bonchev–Trinajstić information content (AvgIpc) is 2.57. The molecular weight excluding hydrogens is 252 g/mol. The van der Waals surface area contributed by atoms with Gasteiger partial charge in [-0.2, -0.15) is 0 Å². The summed E-state index contributed by atoms with van der Waals surface area (Å²) in [6, 6.07) is 28.6. The molecule has 0 spiro atoms. The Morgan fingerprint density at radius 2 is 1.43 bits per heavy atom. The Labute approximate surface area is 126 Å². The van der Waals surface area contributed by atoms with E-state index in [1.165, 1.54) is 22.3 Å². The second-order valence-electron chi connectivity index (χ2n) is 5.01. The highest BCUT2D eigenvalue weighted by Gasteiger charge is 2.04. The fourth-order valence-corrected chi connectivity index (χ4v) is 2.53. The van der Waals surface area contributed by atoms with Gasteiger partial charge < -0.3 is 0 Å². The van der Waals surface area contributed by atoms with Gasteiger partial charge in [0.1, 0.15) is 0 Å². The normalized spacial score (nSPS) is 10.3. The van der Waals surface area contributed by atoms with Crippen LogP contribution in [0, 0.1) is 6.07 Å². The maximum absolute atomic E-state index is 3.83. The van der Waals surface area contributed by atoms with Crippen LogP contribution in [0.2, 0.25) is 0 Å². The zero-order valence-electron chi connectivity index (χ0n) is 11.9. The summed E-state index contributed by atoms with van der Waals surface area (Å²) in [5.74, 6) is 0. The van der Waals surface area contributed by atoms with Gasteiger partial charge in [0.05, 0.1) is 0 Å². The molecule has 101 valence electrons. The van der Waals surface area contributed by atoms with Crippen molar-refractivity contribution in [1.82, 2.24) is 0 Å². The minimum absolute atomic E-state index is 0.868. The van der Waals surface area contributed by atoms with Crippen molar-refractivity contribution in [3.63, 3.8) is 0 Å². The van der Waals surface area contributed by atoms with Crippen molar-refractivity contribution in [2.24, 2.45) is 0 Å². The first kappa shape index (κ1) is 13.4. The van der Waals surface area contributed by atoms with Gasteiger partial charge in [0, 0.05) is 0 Å². The van der Waals surface area contributed by atoms with Crippen molar-refractivity contribution in [3.8, 4) is 22.3 Å². The molecule has 0 saturated carbocycles. The summed E-state index contributed by atoms with van der Waals surface area (Å²) in [4.78, 5) is 0. The van der Waals surface area contributed by atoms with Crippen LogP contribution < -0.4 is 0 Å². The molecule has 0 N–H and O–H groups in total. The van der Waals surface area contributed by atoms with E-state index in [1.807, 2.05) is 24.3 Å². The van der Waals surface area contributed by atoms with Crippen molar-refractivity contribution >= 4 is 0 Å². The van der Waals surface area contributed by atoms with Crippen LogP contribution >= 0.6 is 0 Å². The highest BCUT2D eigenvalue weighted by molar-refractivity contribution is 5.72. The Morgan fingerprint density at radius 3 is 2.14 bits per heavy atom. The first-order chi connectivity index (χ1) is 10.4. The third-order valence-corrected chi connectivity index (χ3v) is 3.59. The standard InChI is InChI=1S/C21H17/c1-2-8-19-11-6-7-12-21(19)20-15-13-18(14-16-20)17-9-4-3-5-10-17/h2-7,9-11,13-16H,1,8H2. The fourth-order valence-electron chi connectivity index (χ4n) is 2.53. The molecule has 0 bridgehead atoms. The van der Waals surface area contributed by atoms with Crippen LogP contribution in [0.3, 0.4) is 0 Å². The van der Waals surface area contributed by atoms with E-state index in [4.69, 9.17) is 0 Å². The monoisotopic (exact) mass is 269 g/mol. The van der Waals surface area contributed by atoms with Gasteiger partial charge in [-0.3, -0.25) is 0 Å². The summed E-state index contributed by atoms with van der Waals surface area (Å²) in [6.07, 6.45) is 2.80. The highest BCUT2D eigenvalue weighted by atomic mass is 14.1. The smallest absolute Gasteiger partial charge is 0.00699 e. The quantitative estimate of drug-likeness (QED) is 0.545. The first-order valence-corrected chi connectivity index (χ1v) is 7.15. The Balaban J connectivity index is 1.96. The summed E-state index contributed by atoms with van der Waals surface area (Å²) in [5.41, 5.74) is 6.11. The van der Waals surface area contributed by atoms with Crippen LogP contribution in [0.5, 0.6) is 0 Å². The molecule has 0 aliphatic rings. The predicted octanol–water partition coefficient (Wildman–Crippen LogP) is 5.55.